The van der Waals surface area contributed by atoms with E-state index in [9.17, 15) is 4.79 Å². The van der Waals surface area contributed by atoms with Gasteiger partial charge in [-0.2, -0.15) is 0 Å². The fraction of sp³-hybridized carbons (Fsp3) is 0.308. The van der Waals surface area contributed by atoms with Crippen LogP contribution in [0.1, 0.15) is 61.4 Å². The molecule has 0 saturated heterocycles. The lowest BCUT2D eigenvalue weighted by molar-refractivity contribution is -0.124. The zero-order valence-electron chi connectivity index (χ0n) is 16.6. The molecule has 1 atom stereocenters. The molecule has 1 aromatic heterocycles. The number of carbonyl (C=O) groups is 1. The highest BCUT2D eigenvalue weighted by atomic mass is 16.1. The maximum absolute atomic E-state index is 13.2. The minimum Gasteiger partial charge on any atom is -0.322 e. The summed E-state index contributed by atoms with van der Waals surface area (Å²) in [5.74, 6) is 0.644. The quantitative estimate of drug-likeness (QED) is 0.548. The number of hydrogen-bond donors (Lipinski definition) is 0. The topological polar surface area (TPSA) is 34.9 Å². The number of nitrogens with zero attached hydrogens (tertiary/aromatic N) is 2. The molecule has 1 fully saturated rings. The molecule has 0 bridgehead atoms. The van der Waals surface area contributed by atoms with Crippen LogP contribution >= 0.6 is 0 Å². The van der Waals surface area contributed by atoms with Crippen LogP contribution in [0.4, 0.5) is 0 Å². The molecule has 0 spiro atoms. The first-order chi connectivity index (χ1) is 14.3. The Balaban J connectivity index is 1.61. The number of aromatic nitrogens is 2. The van der Waals surface area contributed by atoms with Crippen LogP contribution in [0.3, 0.4) is 0 Å². The van der Waals surface area contributed by atoms with Gasteiger partial charge in [0, 0.05) is 17.9 Å². The van der Waals surface area contributed by atoms with Crippen molar-refractivity contribution in [1.29, 1.82) is 0 Å². The number of imidazole rings is 1. The Morgan fingerprint density at radius 3 is 2.24 bits per heavy atom. The second kappa shape index (κ2) is 7.82. The Morgan fingerprint density at radius 2 is 1.55 bits per heavy atom. The summed E-state index contributed by atoms with van der Waals surface area (Å²) in [5.41, 5.74) is 5.93. The zero-order chi connectivity index (χ0) is 19.6. The van der Waals surface area contributed by atoms with E-state index in [4.69, 9.17) is 0 Å². The molecule has 2 aromatic carbocycles. The van der Waals surface area contributed by atoms with Gasteiger partial charge < -0.3 is 4.57 Å². The molecule has 2 heterocycles. The van der Waals surface area contributed by atoms with Crippen molar-refractivity contribution in [2.75, 3.05) is 0 Å². The first kappa shape index (κ1) is 18.1. The number of benzene rings is 2. The summed E-state index contributed by atoms with van der Waals surface area (Å²) in [5, 5.41) is 0. The Hall–Kier alpha value is -2.94. The van der Waals surface area contributed by atoms with Crippen molar-refractivity contribution in [2.24, 2.45) is 5.92 Å². The molecule has 0 amide bonds. The highest BCUT2D eigenvalue weighted by molar-refractivity contribution is 6.03. The van der Waals surface area contributed by atoms with E-state index in [1.807, 2.05) is 24.7 Å². The second-order valence-electron chi connectivity index (χ2n) is 8.23. The molecule has 1 aliphatic heterocycles. The van der Waals surface area contributed by atoms with E-state index in [1.165, 1.54) is 41.5 Å². The largest absolute Gasteiger partial charge is 0.322 e. The van der Waals surface area contributed by atoms with Gasteiger partial charge in [-0.25, -0.2) is 4.98 Å². The van der Waals surface area contributed by atoms with Crippen LogP contribution < -0.4 is 0 Å². The SMILES string of the molecule is O=C(CC1C(c2ccccc2)=C(c2ccccc2)c2cncn21)C1CCCCC1. The van der Waals surface area contributed by atoms with E-state index in [2.05, 4.69) is 58.1 Å². The minimum absolute atomic E-state index is 0.0135. The third kappa shape index (κ3) is 3.35. The van der Waals surface area contributed by atoms with Crippen molar-refractivity contribution in [3.63, 3.8) is 0 Å². The standard InChI is InChI=1S/C26H26N2O/c29-24(19-10-4-1-5-11-19)16-22-25(20-12-6-2-7-13-20)26(21-14-8-3-9-15-21)23-17-27-18-28(22)23/h2-3,6-9,12-15,17-19,22H,1,4-5,10-11,16H2. The summed E-state index contributed by atoms with van der Waals surface area (Å²) in [6.07, 6.45) is 10.1. The predicted octanol–water partition coefficient (Wildman–Crippen LogP) is 5.94. The number of carbonyl (C=O) groups excluding carboxylic acids is 1. The smallest absolute Gasteiger partial charge is 0.138 e. The zero-order valence-corrected chi connectivity index (χ0v) is 16.6. The predicted molar refractivity (Wildman–Crippen MR) is 116 cm³/mol. The molecule has 5 rings (SSSR count). The van der Waals surface area contributed by atoms with E-state index < -0.39 is 0 Å². The lowest BCUT2D eigenvalue weighted by Crippen LogP contribution is -2.21. The summed E-state index contributed by atoms with van der Waals surface area (Å²) >= 11 is 0. The third-order valence-corrected chi connectivity index (χ3v) is 6.46. The number of rotatable bonds is 5. The van der Waals surface area contributed by atoms with Gasteiger partial charge in [0.1, 0.15) is 5.78 Å². The molecule has 1 saturated carbocycles. The van der Waals surface area contributed by atoms with E-state index >= 15 is 0 Å². The fourth-order valence-corrected chi connectivity index (χ4v) is 5.04. The van der Waals surface area contributed by atoms with Crippen molar-refractivity contribution in [3.8, 4) is 0 Å². The summed E-state index contributed by atoms with van der Waals surface area (Å²) in [6, 6.07) is 21.0. The summed E-state index contributed by atoms with van der Waals surface area (Å²) in [4.78, 5) is 17.7. The molecule has 0 radical (unpaired) electrons. The fourth-order valence-electron chi connectivity index (χ4n) is 5.04. The van der Waals surface area contributed by atoms with Gasteiger partial charge in [0.05, 0.1) is 24.3 Å². The number of ketones is 1. The first-order valence-corrected chi connectivity index (χ1v) is 10.7. The molecule has 146 valence electrons. The second-order valence-corrected chi connectivity index (χ2v) is 8.23. The Bertz CT molecular complexity index is 1030. The van der Waals surface area contributed by atoms with Crippen molar-refractivity contribution in [3.05, 3.63) is 90.0 Å². The molecule has 29 heavy (non-hydrogen) atoms. The van der Waals surface area contributed by atoms with Crippen LogP contribution in [-0.2, 0) is 4.79 Å². The van der Waals surface area contributed by atoms with Crippen molar-refractivity contribution < 1.29 is 4.79 Å². The first-order valence-electron chi connectivity index (χ1n) is 10.7. The molecule has 3 nitrogen and oxygen atoms in total. The van der Waals surface area contributed by atoms with Gasteiger partial charge in [0.15, 0.2) is 0 Å². The highest BCUT2D eigenvalue weighted by Crippen LogP contribution is 2.47. The molecule has 3 aromatic rings. The Morgan fingerprint density at radius 1 is 0.897 bits per heavy atom. The summed E-state index contributed by atoms with van der Waals surface area (Å²) in [6.45, 7) is 0. The van der Waals surface area contributed by atoms with E-state index in [0.717, 1.165) is 18.5 Å². The monoisotopic (exact) mass is 382 g/mol. The normalized spacial score (nSPS) is 19.4. The van der Waals surface area contributed by atoms with Gasteiger partial charge in [-0.3, -0.25) is 4.79 Å². The maximum Gasteiger partial charge on any atom is 0.138 e. The van der Waals surface area contributed by atoms with Crippen LogP contribution in [-0.4, -0.2) is 15.3 Å². The van der Waals surface area contributed by atoms with Gasteiger partial charge in [0.2, 0.25) is 0 Å². The van der Waals surface area contributed by atoms with Crippen molar-refractivity contribution in [1.82, 2.24) is 9.55 Å². The maximum atomic E-state index is 13.2. The van der Waals surface area contributed by atoms with Crippen LogP contribution in [0.2, 0.25) is 0 Å². The van der Waals surface area contributed by atoms with Crippen molar-refractivity contribution in [2.45, 2.75) is 44.6 Å². The molecule has 3 heteroatoms. The Kier molecular flexibility index (Phi) is 4.89. The number of hydrogen-bond acceptors (Lipinski definition) is 2. The highest BCUT2D eigenvalue weighted by Gasteiger charge is 2.35. The number of allylic oxidation sites excluding steroid dienone is 1. The molecular weight excluding hydrogens is 356 g/mol. The minimum atomic E-state index is 0.0135. The average Bonchev–Trinajstić information content (AvgIpc) is 3.37. The van der Waals surface area contributed by atoms with Gasteiger partial charge in [-0.15, -0.1) is 0 Å². The molecule has 1 unspecified atom stereocenters. The van der Waals surface area contributed by atoms with E-state index in [0.29, 0.717) is 12.2 Å². The van der Waals surface area contributed by atoms with E-state index in [1.54, 1.807) is 0 Å². The Labute approximate surface area is 172 Å². The summed E-state index contributed by atoms with van der Waals surface area (Å²) in [7, 11) is 0. The van der Waals surface area contributed by atoms with Crippen LogP contribution in [0.5, 0.6) is 0 Å². The lowest BCUT2D eigenvalue weighted by atomic mass is 9.82. The molecule has 1 aliphatic carbocycles. The van der Waals surface area contributed by atoms with Gasteiger partial charge in [-0.05, 0) is 29.5 Å². The van der Waals surface area contributed by atoms with Crippen LogP contribution in [0.15, 0.2) is 73.2 Å². The number of fused-ring (bicyclic) bond motifs is 1. The van der Waals surface area contributed by atoms with Gasteiger partial charge >= 0.3 is 0 Å². The third-order valence-electron chi connectivity index (χ3n) is 6.46. The van der Waals surface area contributed by atoms with Crippen LogP contribution in [0.25, 0.3) is 11.1 Å². The average molecular weight is 383 g/mol. The van der Waals surface area contributed by atoms with Crippen molar-refractivity contribution >= 4 is 16.9 Å². The van der Waals surface area contributed by atoms with Gasteiger partial charge in [-0.1, -0.05) is 79.9 Å². The molecular formula is C26H26N2O. The molecule has 0 N–H and O–H groups in total. The van der Waals surface area contributed by atoms with Gasteiger partial charge in [0.25, 0.3) is 0 Å². The molecule has 2 aliphatic rings. The lowest BCUT2D eigenvalue weighted by Gasteiger charge is -2.24. The number of Topliss-reactive ketones (excluding diaryl/α,β-unsaturated/α-hetero) is 1. The van der Waals surface area contributed by atoms with Crippen LogP contribution in [0, 0.1) is 5.92 Å². The van der Waals surface area contributed by atoms with E-state index in [-0.39, 0.29) is 12.0 Å². The summed E-state index contributed by atoms with van der Waals surface area (Å²) < 4.78 is 2.21.